The average Bonchev–Trinajstić information content (AvgIpc) is 3.24. The summed E-state index contributed by atoms with van der Waals surface area (Å²) in [5.74, 6) is 1.00. The molecule has 2 heterocycles. The van der Waals surface area contributed by atoms with Gasteiger partial charge in [-0.1, -0.05) is 17.7 Å². The van der Waals surface area contributed by atoms with Crippen LogP contribution in [0.25, 0.3) is 5.69 Å². The van der Waals surface area contributed by atoms with Gasteiger partial charge in [-0.15, -0.1) is 0 Å². The monoisotopic (exact) mass is 330 g/mol. The van der Waals surface area contributed by atoms with Crippen molar-refractivity contribution in [1.82, 2.24) is 14.7 Å². The maximum absolute atomic E-state index is 12.7. The Morgan fingerprint density at radius 2 is 2.13 bits per heavy atom. The fourth-order valence-corrected chi connectivity index (χ4v) is 4.02. The fraction of sp³-hybridized carbons (Fsp3) is 0.412. The molecule has 4 rings (SSSR count). The van der Waals surface area contributed by atoms with Gasteiger partial charge in [-0.25, -0.2) is 4.68 Å². The third kappa shape index (κ3) is 2.64. The number of hydrogen-bond acceptors (Lipinski definition) is 3. The third-order valence-electron chi connectivity index (χ3n) is 5.08. The van der Waals surface area contributed by atoms with Crippen molar-refractivity contribution in [3.63, 3.8) is 0 Å². The van der Waals surface area contributed by atoms with E-state index in [0.29, 0.717) is 22.6 Å². The standard InChI is InChI=1S/C17H19ClN4O/c18-12-2-1-3-13(8-12)22-7-6-16(20-22)17(23)21-9-11-4-5-15(19)14(11)10-21/h1-3,6-8,11,14-15H,4-5,9-10,19H2. The molecule has 1 aliphatic heterocycles. The van der Waals surface area contributed by atoms with Crippen LogP contribution in [0.1, 0.15) is 23.3 Å². The van der Waals surface area contributed by atoms with Crippen LogP contribution in [0.4, 0.5) is 0 Å². The van der Waals surface area contributed by atoms with Crippen LogP contribution in [-0.2, 0) is 0 Å². The summed E-state index contributed by atoms with van der Waals surface area (Å²) in [6.07, 6.45) is 4.01. The first-order valence-corrected chi connectivity index (χ1v) is 8.36. The van der Waals surface area contributed by atoms with E-state index in [-0.39, 0.29) is 11.9 Å². The Morgan fingerprint density at radius 3 is 2.91 bits per heavy atom. The van der Waals surface area contributed by atoms with Gasteiger partial charge in [0.15, 0.2) is 5.69 Å². The number of benzene rings is 1. The first kappa shape index (κ1) is 14.7. The van der Waals surface area contributed by atoms with E-state index in [9.17, 15) is 4.79 Å². The normalized spacial score (nSPS) is 26.5. The molecule has 2 N–H and O–H groups in total. The largest absolute Gasteiger partial charge is 0.337 e. The second-order valence-corrected chi connectivity index (χ2v) is 6.94. The Kier molecular flexibility index (Phi) is 3.62. The van der Waals surface area contributed by atoms with Gasteiger partial charge in [0, 0.05) is 30.4 Å². The molecule has 1 aromatic carbocycles. The summed E-state index contributed by atoms with van der Waals surface area (Å²) in [4.78, 5) is 14.6. The molecule has 1 amide bonds. The van der Waals surface area contributed by atoms with Crippen molar-refractivity contribution in [2.45, 2.75) is 18.9 Å². The van der Waals surface area contributed by atoms with Crippen LogP contribution in [0.3, 0.4) is 0 Å². The molecular weight excluding hydrogens is 312 g/mol. The van der Waals surface area contributed by atoms with Gasteiger partial charge in [-0.05, 0) is 48.9 Å². The van der Waals surface area contributed by atoms with Crippen molar-refractivity contribution in [3.8, 4) is 5.69 Å². The number of amides is 1. The number of hydrogen-bond donors (Lipinski definition) is 1. The SMILES string of the molecule is NC1CCC2CN(C(=O)c3ccn(-c4cccc(Cl)c4)n3)CC12. The summed E-state index contributed by atoms with van der Waals surface area (Å²) in [5, 5.41) is 5.06. The molecule has 2 fully saturated rings. The van der Waals surface area contributed by atoms with Crippen molar-refractivity contribution in [3.05, 3.63) is 47.2 Å². The number of nitrogens with two attached hydrogens (primary N) is 1. The lowest BCUT2D eigenvalue weighted by Crippen LogP contribution is -2.33. The molecule has 0 spiro atoms. The lowest BCUT2D eigenvalue weighted by Gasteiger charge is -2.17. The summed E-state index contributed by atoms with van der Waals surface area (Å²) < 4.78 is 1.68. The third-order valence-corrected chi connectivity index (χ3v) is 5.32. The van der Waals surface area contributed by atoms with Gasteiger partial charge in [-0.2, -0.15) is 5.10 Å². The summed E-state index contributed by atoms with van der Waals surface area (Å²) in [5.41, 5.74) is 7.46. The summed E-state index contributed by atoms with van der Waals surface area (Å²) in [6.45, 7) is 1.57. The molecule has 1 aliphatic carbocycles. The molecular formula is C17H19ClN4O. The predicted molar refractivity (Wildman–Crippen MR) is 88.7 cm³/mol. The van der Waals surface area contributed by atoms with E-state index < -0.39 is 0 Å². The minimum atomic E-state index is -0.00706. The number of aromatic nitrogens is 2. The van der Waals surface area contributed by atoms with E-state index in [1.54, 1.807) is 16.9 Å². The van der Waals surface area contributed by atoms with Crippen molar-refractivity contribution in [1.29, 1.82) is 0 Å². The van der Waals surface area contributed by atoms with Crippen molar-refractivity contribution in [2.24, 2.45) is 17.6 Å². The zero-order valence-electron chi connectivity index (χ0n) is 12.7. The molecule has 120 valence electrons. The maximum atomic E-state index is 12.7. The number of carbonyl (C=O) groups is 1. The highest BCUT2D eigenvalue weighted by molar-refractivity contribution is 6.30. The zero-order chi connectivity index (χ0) is 16.0. The average molecular weight is 331 g/mol. The van der Waals surface area contributed by atoms with Crippen LogP contribution >= 0.6 is 11.6 Å². The van der Waals surface area contributed by atoms with Gasteiger partial charge in [0.1, 0.15) is 0 Å². The van der Waals surface area contributed by atoms with Gasteiger partial charge < -0.3 is 10.6 Å². The Morgan fingerprint density at radius 1 is 1.26 bits per heavy atom. The number of rotatable bonds is 2. The summed E-state index contributed by atoms with van der Waals surface area (Å²) in [7, 11) is 0. The Bertz CT molecular complexity index is 744. The highest BCUT2D eigenvalue weighted by atomic mass is 35.5. The second-order valence-electron chi connectivity index (χ2n) is 6.50. The van der Waals surface area contributed by atoms with Crippen LogP contribution < -0.4 is 5.73 Å². The molecule has 23 heavy (non-hydrogen) atoms. The van der Waals surface area contributed by atoms with Crippen LogP contribution in [0, 0.1) is 11.8 Å². The van der Waals surface area contributed by atoms with E-state index >= 15 is 0 Å². The van der Waals surface area contributed by atoms with Crippen LogP contribution in [0.5, 0.6) is 0 Å². The topological polar surface area (TPSA) is 64.2 Å². The highest BCUT2D eigenvalue weighted by Gasteiger charge is 2.42. The van der Waals surface area contributed by atoms with E-state index in [2.05, 4.69) is 5.10 Å². The predicted octanol–water partition coefficient (Wildman–Crippen LogP) is 2.33. The van der Waals surface area contributed by atoms with Crippen molar-refractivity contribution >= 4 is 17.5 Å². The van der Waals surface area contributed by atoms with Crippen molar-refractivity contribution in [2.75, 3.05) is 13.1 Å². The number of likely N-dealkylation sites (tertiary alicyclic amines) is 1. The van der Waals surface area contributed by atoms with Gasteiger partial charge in [0.2, 0.25) is 0 Å². The molecule has 5 nitrogen and oxygen atoms in total. The molecule has 2 aliphatic rings. The lowest BCUT2D eigenvalue weighted by molar-refractivity contribution is 0.0773. The molecule has 3 atom stereocenters. The minimum Gasteiger partial charge on any atom is -0.337 e. The summed E-state index contributed by atoms with van der Waals surface area (Å²) >= 11 is 6.01. The minimum absolute atomic E-state index is 0.00706. The van der Waals surface area contributed by atoms with Crippen LogP contribution in [0.15, 0.2) is 36.5 Å². The smallest absolute Gasteiger partial charge is 0.274 e. The highest BCUT2D eigenvalue weighted by Crippen LogP contribution is 2.37. The first-order valence-electron chi connectivity index (χ1n) is 7.98. The lowest BCUT2D eigenvalue weighted by atomic mass is 9.98. The number of nitrogens with zero attached hydrogens (tertiary/aromatic N) is 3. The molecule has 0 radical (unpaired) electrons. The van der Waals surface area contributed by atoms with Crippen molar-refractivity contribution < 1.29 is 4.79 Å². The van der Waals surface area contributed by atoms with Gasteiger partial charge >= 0.3 is 0 Å². The van der Waals surface area contributed by atoms with Crippen LogP contribution in [-0.4, -0.2) is 39.7 Å². The summed E-state index contributed by atoms with van der Waals surface area (Å²) in [6, 6.07) is 9.41. The Hall–Kier alpha value is -1.85. The Balaban J connectivity index is 1.52. The molecule has 1 saturated heterocycles. The molecule has 6 heteroatoms. The quantitative estimate of drug-likeness (QED) is 0.919. The molecule has 3 unspecified atom stereocenters. The van der Waals surface area contributed by atoms with E-state index in [4.69, 9.17) is 17.3 Å². The molecule has 0 bridgehead atoms. The number of halogens is 1. The number of fused-ring (bicyclic) bond motifs is 1. The Labute approximate surface area is 140 Å². The first-order chi connectivity index (χ1) is 11.1. The van der Waals surface area contributed by atoms with E-state index in [1.807, 2.05) is 29.2 Å². The van der Waals surface area contributed by atoms with E-state index in [1.165, 1.54) is 0 Å². The maximum Gasteiger partial charge on any atom is 0.274 e. The van der Waals surface area contributed by atoms with Gasteiger partial charge in [0.05, 0.1) is 5.69 Å². The fourth-order valence-electron chi connectivity index (χ4n) is 3.84. The van der Waals surface area contributed by atoms with Gasteiger partial charge in [0.25, 0.3) is 5.91 Å². The molecule has 2 aromatic rings. The molecule has 1 aromatic heterocycles. The van der Waals surface area contributed by atoms with E-state index in [0.717, 1.165) is 31.6 Å². The molecule has 1 saturated carbocycles. The number of carbonyl (C=O) groups excluding carboxylic acids is 1. The zero-order valence-corrected chi connectivity index (χ0v) is 13.5. The van der Waals surface area contributed by atoms with Crippen LogP contribution in [0.2, 0.25) is 5.02 Å². The van der Waals surface area contributed by atoms with Gasteiger partial charge in [-0.3, -0.25) is 4.79 Å². The second kappa shape index (κ2) is 5.65.